The average Bonchev–Trinajstić information content (AvgIpc) is 2.64. The molecule has 0 saturated carbocycles. The molecular weight excluding hydrogens is 423 g/mol. The Morgan fingerprint density at radius 2 is 0.800 bits per heavy atom. The quantitative estimate of drug-likeness (QED) is 0.157. The first-order valence-corrected chi connectivity index (χ1v) is 15.3. The van der Waals surface area contributed by atoms with E-state index in [0.29, 0.717) is 13.2 Å². The van der Waals surface area contributed by atoms with E-state index in [2.05, 4.69) is 13.8 Å². The van der Waals surface area contributed by atoms with Gasteiger partial charge in [0.25, 0.3) is 0 Å². The molecule has 5 heteroatoms. The molecule has 0 unspecified atom stereocenters. The van der Waals surface area contributed by atoms with Gasteiger partial charge in [-0.2, -0.15) is 0 Å². The number of hydrogen-bond donors (Lipinski definition) is 0. The fourth-order valence-electron chi connectivity index (χ4n) is 2.87. The van der Waals surface area contributed by atoms with E-state index >= 15 is 0 Å². The molecule has 4 nitrogen and oxygen atoms in total. The second-order valence-electron chi connectivity index (χ2n) is 6.85. The summed E-state index contributed by atoms with van der Waals surface area (Å²) >= 11 is -3.71. The molecule has 0 aliphatic carbocycles. The Labute approximate surface area is 163 Å². The molecule has 0 heterocycles. The van der Waals surface area contributed by atoms with Gasteiger partial charge in [0.2, 0.25) is 0 Å². The van der Waals surface area contributed by atoms with E-state index in [-0.39, 0.29) is 0 Å². The van der Waals surface area contributed by atoms with Crippen molar-refractivity contribution >= 4 is 20.0 Å². The molecule has 0 amide bonds. The Morgan fingerprint density at radius 1 is 0.480 bits per heavy atom. The van der Waals surface area contributed by atoms with E-state index in [4.69, 9.17) is 12.3 Å². The predicted octanol–water partition coefficient (Wildman–Crippen LogP) is 6.25. The average molecular weight is 467 g/mol. The fourth-order valence-corrected chi connectivity index (χ4v) is 7.18. The number of rotatable bonds is 20. The standard InChI is InChI=1S/2C9H19O.2CH3O.Sn/c2*1-2-3-4-5-6-7-8-9-10;2*1-2;/h2*2-9H2,1H3;2*1H3;/q4*-1;+4. The van der Waals surface area contributed by atoms with Crippen LogP contribution in [0.3, 0.4) is 0 Å². The minimum atomic E-state index is -3.71. The van der Waals surface area contributed by atoms with Crippen molar-refractivity contribution < 1.29 is 12.3 Å². The zero-order valence-corrected chi connectivity index (χ0v) is 20.3. The first kappa shape index (κ1) is 25.6. The number of unbranched alkanes of at least 4 members (excludes halogenated alkanes) is 12. The van der Waals surface area contributed by atoms with E-state index in [1.165, 1.54) is 77.0 Å². The van der Waals surface area contributed by atoms with Crippen LogP contribution in [0.15, 0.2) is 0 Å². The summed E-state index contributed by atoms with van der Waals surface area (Å²) in [6.45, 7) is 5.90. The summed E-state index contributed by atoms with van der Waals surface area (Å²) < 4.78 is 23.0. The molecule has 0 aromatic rings. The van der Waals surface area contributed by atoms with Crippen molar-refractivity contribution in [3.8, 4) is 0 Å². The normalized spacial score (nSPS) is 12.0. The molecular formula is C20H44O4Sn. The maximum atomic E-state index is 5.96. The van der Waals surface area contributed by atoms with E-state index in [9.17, 15) is 0 Å². The van der Waals surface area contributed by atoms with Gasteiger partial charge in [-0.3, -0.25) is 0 Å². The van der Waals surface area contributed by atoms with Gasteiger partial charge >= 0.3 is 164 Å². The molecule has 0 aliphatic heterocycles. The maximum absolute atomic E-state index is 5.96. The molecule has 0 aromatic carbocycles. The van der Waals surface area contributed by atoms with Gasteiger partial charge in [-0.25, -0.2) is 0 Å². The Hall–Kier alpha value is 0.639. The minimum absolute atomic E-state index is 0.697. The van der Waals surface area contributed by atoms with Gasteiger partial charge in [0, 0.05) is 0 Å². The van der Waals surface area contributed by atoms with Gasteiger partial charge in [0.15, 0.2) is 0 Å². The fraction of sp³-hybridized carbons (Fsp3) is 1.00. The summed E-state index contributed by atoms with van der Waals surface area (Å²) in [7, 11) is 3.32. The molecule has 0 aromatic heterocycles. The van der Waals surface area contributed by atoms with Crippen LogP contribution in [-0.4, -0.2) is 47.5 Å². The summed E-state index contributed by atoms with van der Waals surface area (Å²) in [5.74, 6) is 0. The molecule has 0 bridgehead atoms. The second-order valence-corrected chi connectivity index (χ2v) is 13.7. The second kappa shape index (κ2) is 19.4. The Balaban J connectivity index is 3.70. The van der Waals surface area contributed by atoms with Crippen molar-refractivity contribution in [3.05, 3.63) is 0 Å². The molecule has 0 aliphatic rings. The first-order valence-electron chi connectivity index (χ1n) is 10.6. The van der Waals surface area contributed by atoms with Crippen LogP contribution in [0.5, 0.6) is 0 Å². The van der Waals surface area contributed by atoms with Gasteiger partial charge in [0.1, 0.15) is 0 Å². The molecule has 0 fully saturated rings. The van der Waals surface area contributed by atoms with Crippen molar-refractivity contribution in [3.63, 3.8) is 0 Å². The van der Waals surface area contributed by atoms with Gasteiger partial charge in [-0.1, -0.05) is 0 Å². The third-order valence-electron chi connectivity index (χ3n) is 4.55. The van der Waals surface area contributed by atoms with Crippen LogP contribution >= 0.6 is 0 Å². The summed E-state index contributed by atoms with van der Waals surface area (Å²) in [5, 5.41) is 0. The SMILES string of the molecule is CCCCCCCCC[O][Sn]([O]C)([O]C)[O]CCCCCCCCC. The van der Waals surface area contributed by atoms with Crippen LogP contribution < -0.4 is 0 Å². The van der Waals surface area contributed by atoms with E-state index in [1.54, 1.807) is 14.2 Å². The Bertz CT molecular complexity index is 238. The van der Waals surface area contributed by atoms with E-state index in [1.807, 2.05) is 0 Å². The van der Waals surface area contributed by atoms with Crippen LogP contribution in [0.1, 0.15) is 104 Å². The van der Waals surface area contributed by atoms with Crippen LogP contribution in [0.2, 0.25) is 0 Å². The van der Waals surface area contributed by atoms with Crippen LogP contribution in [0, 0.1) is 0 Å². The molecule has 152 valence electrons. The summed E-state index contributed by atoms with van der Waals surface area (Å²) in [5.41, 5.74) is 0. The van der Waals surface area contributed by atoms with Crippen molar-refractivity contribution in [1.82, 2.24) is 0 Å². The van der Waals surface area contributed by atoms with Crippen LogP contribution in [-0.2, 0) is 12.3 Å². The monoisotopic (exact) mass is 468 g/mol. The van der Waals surface area contributed by atoms with Crippen LogP contribution in [0.25, 0.3) is 0 Å². The number of hydrogen-bond acceptors (Lipinski definition) is 4. The zero-order chi connectivity index (χ0) is 18.6. The van der Waals surface area contributed by atoms with E-state index in [0.717, 1.165) is 12.8 Å². The van der Waals surface area contributed by atoms with Crippen molar-refractivity contribution in [2.45, 2.75) is 104 Å². The summed E-state index contributed by atoms with van der Waals surface area (Å²) in [6.07, 6.45) is 17.9. The topological polar surface area (TPSA) is 36.9 Å². The zero-order valence-electron chi connectivity index (χ0n) is 17.4. The Morgan fingerprint density at radius 3 is 1.12 bits per heavy atom. The van der Waals surface area contributed by atoms with E-state index < -0.39 is 20.0 Å². The summed E-state index contributed by atoms with van der Waals surface area (Å²) in [4.78, 5) is 0. The van der Waals surface area contributed by atoms with Crippen molar-refractivity contribution in [2.24, 2.45) is 0 Å². The molecule has 0 spiro atoms. The third-order valence-corrected chi connectivity index (χ3v) is 10.6. The molecule has 25 heavy (non-hydrogen) atoms. The predicted molar refractivity (Wildman–Crippen MR) is 108 cm³/mol. The van der Waals surface area contributed by atoms with Crippen molar-refractivity contribution in [1.29, 1.82) is 0 Å². The van der Waals surface area contributed by atoms with Gasteiger partial charge in [0.05, 0.1) is 0 Å². The van der Waals surface area contributed by atoms with Crippen LogP contribution in [0.4, 0.5) is 0 Å². The molecule has 0 N–H and O–H groups in total. The summed E-state index contributed by atoms with van der Waals surface area (Å²) in [6, 6.07) is 0. The van der Waals surface area contributed by atoms with Gasteiger partial charge < -0.3 is 0 Å². The van der Waals surface area contributed by atoms with Gasteiger partial charge in [-0.05, 0) is 0 Å². The first-order chi connectivity index (χ1) is 12.2. The van der Waals surface area contributed by atoms with Gasteiger partial charge in [-0.15, -0.1) is 0 Å². The molecule has 0 saturated heterocycles. The molecule has 0 rings (SSSR count). The Kier molecular flexibility index (Phi) is 19.9. The third kappa shape index (κ3) is 15.4. The van der Waals surface area contributed by atoms with Crippen molar-refractivity contribution in [2.75, 3.05) is 27.4 Å². The molecule has 0 radical (unpaired) electrons. The molecule has 0 atom stereocenters.